The van der Waals surface area contributed by atoms with Crippen LogP contribution in [0.2, 0.25) is 0 Å². The summed E-state index contributed by atoms with van der Waals surface area (Å²) >= 11 is 0. The molecule has 0 saturated heterocycles. The van der Waals surface area contributed by atoms with E-state index in [2.05, 4.69) is 16.0 Å². The molecule has 0 unspecified atom stereocenters. The number of furan rings is 1. The number of rotatable bonds is 3. The van der Waals surface area contributed by atoms with Crippen LogP contribution in [0.3, 0.4) is 0 Å². The average Bonchev–Trinajstić information content (AvgIpc) is 3.38. The van der Waals surface area contributed by atoms with Gasteiger partial charge in [-0.25, -0.2) is 4.98 Å². The molecule has 4 aromatic rings. The Kier molecular flexibility index (Phi) is 3.26. The lowest BCUT2D eigenvalue weighted by atomic mass is 10.0. The fourth-order valence-corrected chi connectivity index (χ4v) is 3.88. The second-order valence-corrected chi connectivity index (χ2v) is 6.67. The van der Waals surface area contributed by atoms with E-state index in [0.717, 1.165) is 44.9 Å². The first kappa shape index (κ1) is 14.5. The molecule has 25 heavy (non-hydrogen) atoms. The molecule has 0 radical (unpaired) electrons. The van der Waals surface area contributed by atoms with Crippen molar-refractivity contribution in [1.82, 2.24) is 15.0 Å². The smallest absolute Gasteiger partial charge is 0.176 e. The molecule has 1 aliphatic rings. The van der Waals surface area contributed by atoms with Crippen molar-refractivity contribution in [1.29, 1.82) is 0 Å². The summed E-state index contributed by atoms with van der Waals surface area (Å²) in [4.78, 5) is 12.2. The number of H-pyrrole nitrogens is 1. The molecule has 1 aromatic carbocycles. The van der Waals surface area contributed by atoms with Gasteiger partial charge < -0.3 is 14.1 Å². The summed E-state index contributed by atoms with van der Waals surface area (Å²) in [5, 5.41) is 1.05. The second kappa shape index (κ2) is 5.62. The van der Waals surface area contributed by atoms with E-state index in [4.69, 9.17) is 14.1 Å². The zero-order valence-electron chi connectivity index (χ0n) is 14.1. The van der Waals surface area contributed by atoms with Gasteiger partial charge in [0.05, 0.1) is 24.3 Å². The predicted octanol–water partition coefficient (Wildman–Crippen LogP) is 5.04. The number of fused-ring (bicyclic) bond motifs is 2. The molecular formula is C20H19N3O2. The molecule has 1 saturated carbocycles. The quantitative estimate of drug-likeness (QED) is 0.570. The zero-order valence-corrected chi connectivity index (χ0v) is 14.1. The summed E-state index contributed by atoms with van der Waals surface area (Å²) in [6.45, 7) is 0. The minimum absolute atomic E-state index is 0.518. The Hall–Kier alpha value is -2.82. The van der Waals surface area contributed by atoms with Crippen molar-refractivity contribution in [3.8, 4) is 17.1 Å². The number of nitrogens with zero attached hydrogens (tertiary/aromatic N) is 2. The summed E-state index contributed by atoms with van der Waals surface area (Å²) < 4.78 is 11.8. The van der Waals surface area contributed by atoms with E-state index in [1.807, 2.05) is 18.2 Å². The standard InChI is InChI=1S/C20H19N3O2/c1-24-17-7-6-13(20-22-15-8-9-21-11-16(15)23-20)14-10-18(25-19(14)17)12-4-2-3-5-12/h6-12H,2-5H2,1H3,(H,22,23). The number of methoxy groups -OCH3 is 1. The molecule has 3 aromatic heterocycles. The molecular weight excluding hydrogens is 314 g/mol. The lowest BCUT2D eigenvalue weighted by molar-refractivity contribution is 0.404. The highest BCUT2D eigenvalue weighted by Crippen LogP contribution is 2.41. The van der Waals surface area contributed by atoms with Crippen LogP contribution < -0.4 is 4.74 Å². The maximum Gasteiger partial charge on any atom is 0.176 e. The molecule has 0 bridgehead atoms. The van der Waals surface area contributed by atoms with Crippen LogP contribution >= 0.6 is 0 Å². The predicted molar refractivity (Wildman–Crippen MR) is 96.9 cm³/mol. The lowest BCUT2D eigenvalue weighted by Gasteiger charge is -2.04. The Morgan fingerprint density at radius 1 is 1.20 bits per heavy atom. The van der Waals surface area contributed by atoms with E-state index >= 15 is 0 Å². The van der Waals surface area contributed by atoms with Gasteiger partial charge in [-0.3, -0.25) is 4.98 Å². The molecule has 0 aliphatic heterocycles. The van der Waals surface area contributed by atoms with Crippen molar-refractivity contribution in [2.45, 2.75) is 31.6 Å². The molecule has 0 amide bonds. The molecule has 0 atom stereocenters. The monoisotopic (exact) mass is 333 g/mol. The molecule has 1 N–H and O–H groups in total. The number of hydrogen-bond donors (Lipinski definition) is 1. The number of aromatic nitrogens is 3. The van der Waals surface area contributed by atoms with E-state index in [9.17, 15) is 0 Å². The third-order valence-electron chi connectivity index (χ3n) is 5.18. The van der Waals surface area contributed by atoms with Gasteiger partial charge in [0.1, 0.15) is 11.6 Å². The van der Waals surface area contributed by atoms with Gasteiger partial charge in [-0.05, 0) is 37.1 Å². The van der Waals surface area contributed by atoms with Crippen molar-refractivity contribution in [3.63, 3.8) is 0 Å². The Labute approximate surface area is 145 Å². The summed E-state index contributed by atoms with van der Waals surface area (Å²) in [6.07, 6.45) is 8.52. The number of aromatic amines is 1. The van der Waals surface area contributed by atoms with Crippen LogP contribution in [0.15, 0.2) is 41.1 Å². The number of pyridine rings is 1. The zero-order chi connectivity index (χ0) is 16.8. The molecule has 1 aliphatic carbocycles. The van der Waals surface area contributed by atoms with E-state index in [1.54, 1.807) is 19.5 Å². The minimum atomic E-state index is 0.518. The highest BCUT2D eigenvalue weighted by atomic mass is 16.5. The summed E-state index contributed by atoms with van der Waals surface area (Å²) in [7, 11) is 1.68. The van der Waals surface area contributed by atoms with Crippen LogP contribution in [0.4, 0.5) is 0 Å². The summed E-state index contributed by atoms with van der Waals surface area (Å²) in [5.41, 5.74) is 3.68. The van der Waals surface area contributed by atoms with E-state index in [-0.39, 0.29) is 0 Å². The fraction of sp³-hybridized carbons (Fsp3) is 0.300. The lowest BCUT2D eigenvalue weighted by Crippen LogP contribution is -1.87. The molecule has 5 heteroatoms. The number of nitrogens with one attached hydrogen (secondary N) is 1. The first-order valence-electron chi connectivity index (χ1n) is 8.74. The maximum absolute atomic E-state index is 6.23. The van der Waals surface area contributed by atoms with Crippen molar-refractivity contribution in [2.24, 2.45) is 0 Å². The van der Waals surface area contributed by atoms with Crippen LogP contribution in [-0.4, -0.2) is 22.1 Å². The van der Waals surface area contributed by atoms with E-state index in [0.29, 0.717) is 5.92 Å². The van der Waals surface area contributed by atoms with Gasteiger partial charge in [-0.1, -0.05) is 12.8 Å². The average molecular weight is 333 g/mol. The van der Waals surface area contributed by atoms with Gasteiger partial charge >= 0.3 is 0 Å². The SMILES string of the molecule is COc1ccc(-c2nc3ccncc3[nH]2)c2cc(C3CCCC3)oc12. The van der Waals surface area contributed by atoms with Crippen LogP contribution in [0.25, 0.3) is 33.4 Å². The largest absolute Gasteiger partial charge is 0.493 e. The van der Waals surface area contributed by atoms with Crippen LogP contribution in [0.1, 0.15) is 37.4 Å². The number of imidazole rings is 1. The van der Waals surface area contributed by atoms with E-state index in [1.165, 1.54) is 25.7 Å². The van der Waals surface area contributed by atoms with Crippen molar-refractivity contribution >= 4 is 22.0 Å². The van der Waals surface area contributed by atoms with E-state index < -0.39 is 0 Å². The van der Waals surface area contributed by atoms with Crippen molar-refractivity contribution < 1.29 is 9.15 Å². The third-order valence-corrected chi connectivity index (χ3v) is 5.18. The van der Waals surface area contributed by atoms with Gasteiger partial charge in [0, 0.05) is 23.1 Å². The Morgan fingerprint density at radius 2 is 2.08 bits per heavy atom. The molecule has 126 valence electrons. The number of benzene rings is 1. The molecule has 1 fully saturated rings. The molecule has 5 rings (SSSR count). The first-order valence-corrected chi connectivity index (χ1v) is 8.74. The molecule has 5 nitrogen and oxygen atoms in total. The van der Waals surface area contributed by atoms with Crippen LogP contribution in [-0.2, 0) is 0 Å². The third kappa shape index (κ3) is 2.30. The van der Waals surface area contributed by atoms with Gasteiger partial charge in [0.25, 0.3) is 0 Å². The Balaban J connectivity index is 1.71. The summed E-state index contributed by atoms with van der Waals surface area (Å²) in [5.74, 6) is 3.18. The topological polar surface area (TPSA) is 63.9 Å². The molecule has 0 spiro atoms. The number of hydrogen-bond acceptors (Lipinski definition) is 4. The second-order valence-electron chi connectivity index (χ2n) is 6.67. The molecule has 3 heterocycles. The minimum Gasteiger partial charge on any atom is -0.493 e. The van der Waals surface area contributed by atoms with Gasteiger partial charge in [-0.15, -0.1) is 0 Å². The van der Waals surface area contributed by atoms with Gasteiger partial charge in [0.2, 0.25) is 0 Å². The fourth-order valence-electron chi connectivity index (χ4n) is 3.88. The Bertz CT molecular complexity index is 1020. The summed E-state index contributed by atoms with van der Waals surface area (Å²) in [6, 6.07) is 8.08. The van der Waals surface area contributed by atoms with Gasteiger partial charge in [-0.2, -0.15) is 0 Å². The highest BCUT2D eigenvalue weighted by Gasteiger charge is 2.23. The van der Waals surface area contributed by atoms with Crippen molar-refractivity contribution in [2.75, 3.05) is 7.11 Å². The number of ether oxygens (including phenoxy) is 1. The van der Waals surface area contributed by atoms with Crippen LogP contribution in [0, 0.1) is 0 Å². The van der Waals surface area contributed by atoms with Crippen LogP contribution in [0.5, 0.6) is 5.75 Å². The van der Waals surface area contributed by atoms with Gasteiger partial charge in [0.15, 0.2) is 11.3 Å². The highest BCUT2D eigenvalue weighted by molar-refractivity contribution is 5.97. The first-order chi connectivity index (χ1) is 12.3. The Morgan fingerprint density at radius 3 is 2.88 bits per heavy atom. The normalized spacial score (nSPS) is 15.4. The van der Waals surface area contributed by atoms with Crippen molar-refractivity contribution in [3.05, 3.63) is 42.4 Å². The maximum atomic E-state index is 6.23.